The van der Waals surface area contributed by atoms with E-state index in [0.29, 0.717) is 17.3 Å². The summed E-state index contributed by atoms with van der Waals surface area (Å²) in [7, 11) is 0. The minimum Gasteiger partial charge on any atom is -0.349 e. The molecular weight excluding hydrogens is 336 g/mol. The molecule has 0 atom stereocenters. The number of H-pyrrole nitrogens is 1. The average molecular weight is 358 g/mol. The molecule has 0 saturated carbocycles. The number of carbonyl (C=O) groups is 1. The highest BCUT2D eigenvalue weighted by atomic mass is 32.2. The van der Waals surface area contributed by atoms with E-state index in [4.69, 9.17) is 0 Å². The van der Waals surface area contributed by atoms with Crippen molar-refractivity contribution >= 4 is 17.7 Å². The van der Waals surface area contributed by atoms with Crippen LogP contribution in [0.15, 0.2) is 46.3 Å². The van der Waals surface area contributed by atoms with Crippen LogP contribution in [-0.4, -0.2) is 46.2 Å². The second-order valence-electron chi connectivity index (χ2n) is 6.14. The fraction of sp³-hybridized carbons (Fsp3) is 0.389. The summed E-state index contributed by atoms with van der Waals surface area (Å²) in [5.41, 5.74) is 1.38. The number of rotatable bonds is 5. The Balaban J connectivity index is 1.51. The summed E-state index contributed by atoms with van der Waals surface area (Å²) in [5, 5.41) is 3.75. The minimum atomic E-state index is -0.112. The van der Waals surface area contributed by atoms with Gasteiger partial charge in [0.15, 0.2) is 5.16 Å². The smallest absolute Gasteiger partial charge is 0.251 e. The number of nitrogens with zero attached hydrogens (tertiary/aromatic N) is 2. The molecule has 1 fully saturated rings. The van der Waals surface area contributed by atoms with E-state index in [1.807, 2.05) is 36.6 Å². The van der Waals surface area contributed by atoms with E-state index >= 15 is 0 Å². The van der Waals surface area contributed by atoms with E-state index in [2.05, 4.69) is 20.2 Å². The number of carbonyl (C=O) groups excluding carboxylic acids is 1. The molecule has 0 aliphatic carbocycles. The van der Waals surface area contributed by atoms with Gasteiger partial charge in [0.2, 0.25) is 0 Å². The van der Waals surface area contributed by atoms with Crippen molar-refractivity contribution in [3.63, 3.8) is 0 Å². The number of hydrogen-bond acceptors (Lipinski definition) is 5. The molecule has 1 amide bonds. The van der Waals surface area contributed by atoms with Gasteiger partial charge in [0.05, 0.1) is 5.69 Å². The number of thioether (sulfide) groups is 1. The molecule has 0 unspecified atom stereocenters. The molecule has 3 rings (SSSR count). The van der Waals surface area contributed by atoms with Crippen molar-refractivity contribution in [2.75, 3.05) is 19.3 Å². The minimum absolute atomic E-state index is 0.0140. The first-order valence-corrected chi connectivity index (χ1v) is 9.59. The van der Waals surface area contributed by atoms with E-state index < -0.39 is 0 Å². The van der Waals surface area contributed by atoms with Crippen molar-refractivity contribution < 1.29 is 4.79 Å². The molecule has 0 spiro atoms. The first-order chi connectivity index (χ1) is 12.1. The SMILES string of the molecule is CSc1nc(CN2CCC(NC(=O)c3ccccc3)CC2)cc(=O)[nH]1. The van der Waals surface area contributed by atoms with Crippen molar-refractivity contribution in [2.24, 2.45) is 0 Å². The zero-order valence-corrected chi connectivity index (χ0v) is 15.0. The highest BCUT2D eigenvalue weighted by Gasteiger charge is 2.21. The van der Waals surface area contributed by atoms with Crippen LogP contribution in [0.2, 0.25) is 0 Å². The van der Waals surface area contributed by atoms with Gasteiger partial charge in [-0.3, -0.25) is 14.5 Å². The van der Waals surface area contributed by atoms with Crippen LogP contribution >= 0.6 is 11.8 Å². The van der Waals surface area contributed by atoms with Crippen molar-refractivity contribution in [1.82, 2.24) is 20.2 Å². The normalized spacial score (nSPS) is 15.9. The number of amides is 1. The van der Waals surface area contributed by atoms with Gasteiger partial charge >= 0.3 is 0 Å². The Hall–Kier alpha value is -2.12. The van der Waals surface area contributed by atoms with Gasteiger partial charge in [0.25, 0.3) is 11.5 Å². The summed E-state index contributed by atoms with van der Waals surface area (Å²) in [5.74, 6) is -0.0140. The van der Waals surface area contributed by atoms with E-state index in [-0.39, 0.29) is 17.5 Å². The maximum Gasteiger partial charge on any atom is 0.251 e. The molecule has 1 aliphatic heterocycles. The molecule has 2 N–H and O–H groups in total. The summed E-state index contributed by atoms with van der Waals surface area (Å²) in [6.45, 7) is 2.42. The van der Waals surface area contributed by atoms with Crippen LogP contribution in [0.3, 0.4) is 0 Å². The molecule has 7 heteroatoms. The van der Waals surface area contributed by atoms with Crippen molar-refractivity contribution in [2.45, 2.75) is 30.6 Å². The molecule has 0 bridgehead atoms. The Morgan fingerprint density at radius 2 is 2.04 bits per heavy atom. The highest BCUT2D eigenvalue weighted by Crippen LogP contribution is 2.14. The van der Waals surface area contributed by atoms with Crippen molar-refractivity contribution in [3.8, 4) is 0 Å². The molecule has 2 heterocycles. The van der Waals surface area contributed by atoms with Crippen LogP contribution in [-0.2, 0) is 6.54 Å². The Morgan fingerprint density at radius 1 is 1.32 bits per heavy atom. The van der Waals surface area contributed by atoms with Crippen LogP contribution in [0.25, 0.3) is 0 Å². The van der Waals surface area contributed by atoms with Gasteiger partial charge in [-0.2, -0.15) is 0 Å². The number of piperidine rings is 1. The molecule has 1 aliphatic rings. The largest absolute Gasteiger partial charge is 0.349 e. The van der Waals surface area contributed by atoms with Gasteiger partial charge in [-0.15, -0.1) is 0 Å². The molecule has 132 valence electrons. The molecule has 1 saturated heterocycles. The van der Waals surface area contributed by atoms with Crippen molar-refractivity contribution in [3.05, 3.63) is 58.0 Å². The third-order valence-corrected chi connectivity index (χ3v) is 4.89. The quantitative estimate of drug-likeness (QED) is 0.630. The Morgan fingerprint density at radius 3 is 2.72 bits per heavy atom. The Kier molecular flexibility index (Phi) is 5.88. The number of hydrogen-bond donors (Lipinski definition) is 2. The van der Waals surface area contributed by atoms with Crippen LogP contribution < -0.4 is 10.9 Å². The maximum atomic E-state index is 12.2. The molecule has 1 aromatic heterocycles. The number of likely N-dealkylation sites (tertiary alicyclic amines) is 1. The summed E-state index contributed by atoms with van der Waals surface area (Å²) >= 11 is 1.43. The lowest BCUT2D eigenvalue weighted by Gasteiger charge is -2.32. The summed E-state index contributed by atoms with van der Waals surface area (Å²) in [6.07, 6.45) is 3.69. The van der Waals surface area contributed by atoms with Gasteiger partial charge in [0, 0.05) is 37.3 Å². The molecule has 0 radical (unpaired) electrons. The van der Waals surface area contributed by atoms with E-state index in [1.165, 1.54) is 11.8 Å². The standard InChI is InChI=1S/C18H22N4O2S/c1-25-18-20-15(11-16(23)21-18)12-22-9-7-14(8-10-22)19-17(24)13-5-3-2-4-6-13/h2-6,11,14H,7-10,12H2,1H3,(H,19,24)(H,20,21,23). The predicted octanol–water partition coefficient (Wildman–Crippen LogP) is 1.89. The first-order valence-electron chi connectivity index (χ1n) is 8.36. The predicted molar refractivity (Wildman–Crippen MR) is 98.8 cm³/mol. The zero-order chi connectivity index (χ0) is 17.6. The second-order valence-corrected chi connectivity index (χ2v) is 6.93. The van der Waals surface area contributed by atoms with E-state index in [1.54, 1.807) is 6.07 Å². The zero-order valence-electron chi connectivity index (χ0n) is 14.2. The average Bonchev–Trinajstić information content (AvgIpc) is 2.63. The molecule has 6 nitrogen and oxygen atoms in total. The van der Waals surface area contributed by atoms with Gasteiger partial charge in [-0.1, -0.05) is 30.0 Å². The summed E-state index contributed by atoms with van der Waals surface area (Å²) in [4.78, 5) is 33.3. The van der Waals surface area contributed by atoms with Crippen molar-refractivity contribution in [1.29, 1.82) is 0 Å². The maximum absolute atomic E-state index is 12.2. The Bertz CT molecular complexity index is 770. The second kappa shape index (κ2) is 8.31. The summed E-state index contributed by atoms with van der Waals surface area (Å²) in [6, 6.07) is 11.0. The fourth-order valence-electron chi connectivity index (χ4n) is 2.98. The molecular formula is C18H22N4O2S. The molecule has 2 aromatic rings. The Labute approximate surface area is 151 Å². The van der Waals surface area contributed by atoms with Crippen LogP contribution in [0.5, 0.6) is 0 Å². The summed E-state index contributed by atoms with van der Waals surface area (Å²) < 4.78 is 0. The third kappa shape index (κ3) is 4.93. The number of nitrogens with one attached hydrogen (secondary N) is 2. The van der Waals surface area contributed by atoms with Crippen LogP contribution in [0, 0.1) is 0 Å². The van der Waals surface area contributed by atoms with Crippen LogP contribution in [0.4, 0.5) is 0 Å². The first kappa shape index (κ1) is 17.7. The lowest BCUT2D eigenvalue weighted by molar-refractivity contribution is 0.0908. The van der Waals surface area contributed by atoms with Gasteiger partial charge in [-0.05, 0) is 31.2 Å². The van der Waals surface area contributed by atoms with Crippen LogP contribution in [0.1, 0.15) is 28.9 Å². The third-order valence-electron chi connectivity index (χ3n) is 4.31. The number of benzene rings is 1. The van der Waals surface area contributed by atoms with E-state index in [0.717, 1.165) is 31.6 Å². The monoisotopic (exact) mass is 358 g/mol. The van der Waals surface area contributed by atoms with Gasteiger partial charge in [-0.25, -0.2) is 4.98 Å². The lowest BCUT2D eigenvalue weighted by atomic mass is 10.0. The highest BCUT2D eigenvalue weighted by molar-refractivity contribution is 7.98. The van der Waals surface area contributed by atoms with Gasteiger partial charge in [0.1, 0.15) is 0 Å². The fourth-order valence-corrected chi connectivity index (χ4v) is 3.40. The van der Waals surface area contributed by atoms with E-state index in [9.17, 15) is 9.59 Å². The topological polar surface area (TPSA) is 78.1 Å². The molecule has 1 aromatic carbocycles. The lowest BCUT2D eigenvalue weighted by Crippen LogP contribution is -2.44. The molecule has 25 heavy (non-hydrogen) atoms. The number of aromatic nitrogens is 2. The number of aromatic amines is 1. The van der Waals surface area contributed by atoms with Gasteiger partial charge < -0.3 is 10.3 Å².